The molecule has 6 N–H and O–H groups in total. The zero-order valence-corrected chi connectivity index (χ0v) is 5.98. The van der Waals surface area contributed by atoms with E-state index in [1.54, 1.807) is 0 Å². The van der Waals surface area contributed by atoms with E-state index in [9.17, 15) is 0 Å². The van der Waals surface area contributed by atoms with Crippen LogP contribution in [0, 0.1) is 0 Å². The molecule has 5 nitrogen and oxygen atoms in total. The monoisotopic (exact) mass is 200 g/mol. The molecule has 0 atom stereocenters. The molecule has 0 unspecified atom stereocenters. The van der Waals surface area contributed by atoms with E-state index in [0.717, 1.165) is 0 Å². The van der Waals surface area contributed by atoms with E-state index >= 15 is 0 Å². The van der Waals surface area contributed by atoms with E-state index in [2.05, 4.69) is 0 Å². The summed E-state index contributed by atoms with van der Waals surface area (Å²) in [6.07, 6.45) is 0. The summed E-state index contributed by atoms with van der Waals surface area (Å²) >= 11 is 0.125. The SMILES string of the molecule is C.C.C.O.O.OO.[H+].[H+].[O]=[Zn]. The van der Waals surface area contributed by atoms with Gasteiger partial charge in [-0.2, -0.15) is 0 Å². The van der Waals surface area contributed by atoms with Gasteiger partial charge >= 0.3 is 24.7 Å². The molecule has 0 rings (SSSR count). The Morgan fingerprint density at radius 1 is 0.889 bits per heavy atom. The first kappa shape index (κ1) is 123. The van der Waals surface area contributed by atoms with E-state index in [-0.39, 0.29) is 54.3 Å². The fraction of sp³-hybridized carbons (Fsp3) is 1.00. The second-order valence-electron chi connectivity index (χ2n) is 0. The molecule has 0 saturated carbocycles. The fourth-order valence-corrected chi connectivity index (χ4v) is 0. The fourth-order valence-electron chi connectivity index (χ4n) is 0. The van der Waals surface area contributed by atoms with Gasteiger partial charge in [0.1, 0.15) is 0 Å². The summed E-state index contributed by atoms with van der Waals surface area (Å²) < 4.78 is 8.38. The molecule has 0 amide bonds. The molecule has 62 valence electrons. The summed E-state index contributed by atoms with van der Waals surface area (Å²) in [6.45, 7) is 0. The van der Waals surface area contributed by atoms with Crippen LogP contribution in [0.1, 0.15) is 25.1 Å². The Morgan fingerprint density at radius 2 is 0.889 bits per heavy atom. The van der Waals surface area contributed by atoms with E-state index in [1.807, 2.05) is 0 Å². The first-order valence-corrected chi connectivity index (χ1v) is 1.70. The van der Waals surface area contributed by atoms with Gasteiger partial charge in [-0.15, -0.1) is 0 Å². The van der Waals surface area contributed by atoms with Crippen molar-refractivity contribution in [2.24, 2.45) is 0 Å². The van der Waals surface area contributed by atoms with Crippen LogP contribution in [-0.2, 0) is 21.8 Å². The summed E-state index contributed by atoms with van der Waals surface area (Å²) in [5.74, 6) is 0. The molecule has 0 aromatic heterocycles. The minimum atomic E-state index is 0. The second-order valence-corrected chi connectivity index (χ2v) is 0. The minimum absolute atomic E-state index is 0. The second kappa shape index (κ2) is 6280. The van der Waals surface area contributed by atoms with Gasteiger partial charge in [-0.05, 0) is 0 Å². The van der Waals surface area contributed by atoms with Crippen molar-refractivity contribution < 1.29 is 46.1 Å². The normalized spacial score (nSPS) is 1.33. The molecule has 0 heterocycles. The van der Waals surface area contributed by atoms with Crippen molar-refractivity contribution in [2.45, 2.75) is 22.3 Å². The van der Waals surface area contributed by atoms with Crippen LogP contribution in [0.25, 0.3) is 0 Å². The van der Waals surface area contributed by atoms with Gasteiger partial charge in [0.15, 0.2) is 0 Å². The molecule has 0 radical (unpaired) electrons. The zero-order chi connectivity index (χ0) is 4.00. The molecule has 0 aliphatic rings. The zero-order valence-electron chi connectivity index (χ0n) is 5.01. The van der Waals surface area contributed by atoms with Crippen molar-refractivity contribution in [1.29, 1.82) is 0 Å². The van der Waals surface area contributed by atoms with Crippen molar-refractivity contribution in [3.05, 3.63) is 0 Å². The summed E-state index contributed by atoms with van der Waals surface area (Å²) in [4.78, 5) is 0. The van der Waals surface area contributed by atoms with Gasteiger partial charge in [0, 0.05) is 0 Å². The van der Waals surface area contributed by atoms with E-state index in [1.165, 1.54) is 0 Å². The molecule has 6 heteroatoms. The van der Waals surface area contributed by atoms with Crippen LogP contribution in [0.3, 0.4) is 0 Å². The van der Waals surface area contributed by atoms with Crippen LogP contribution in [0.4, 0.5) is 0 Å². The van der Waals surface area contributed by atoms with Crippen LogP contribution < -0.4 is 0 Å². The van der Waals surface area contributed by atoms with E-state index in [0.29, 0.717) is 0 Å². The third-order valence-electron chi connectivity index (χ3n) is 0. The Bertz CT molecular complexity index is 19.7. The molecule has 0 aromatic carbocycles. The molecule has 9 heavy (non-hydrogen) atoms. The molecular formula is C3H20O5Zn+2. The molecule has 0 aromatic rings. The van der Waals surface area contributed by atoms with Crippen LogP contribution in [0.15, 0.2) is 0 Å². The maximum absolute atomic E-state index is 8.38. The quantitative estimate of drug-likeness (QED) is 0.335. The average molecular weight is 202 g/mol. The Balaban J connectivity index is -0.000000000635. The van der Waals surface area contributed by atoms with Crippen LogP contribution in [0.2, 0.25) is 0 Å². The van der Waals surface area contributed by atoms with Crippen LogP contribution >= 0.6 is 0 Å². The first-order valence-electron chi connectivity index (χ1n) is 0.489. The predicted octanol–water partition coefficient (Wildman–Crippen LogP) is 0.380. The third kappa shape index (κ3) is 4670. The molecule has 0 saturated heterocycles. The Kier molecular flexibility index (Phi) is 86200. The van der Waals surface area contributed by atoms with Crippen molar-refractivity contribution >= 4 is 0 Å². The van der Waals surface area contributed by atoms with Gasteiger partial charge in [-0.1, -0.05) is 22.3 Å². The number of hydrogen-bond acceptors (Lipinski definition) is 3. The Hall–Kier alpha value is 0.263. The van der Waals surface area contributed by atoms with Gasteiger partial charge in [0.25, 0.3) is 0 Å². The standard InChI is InChI=1S/3CH4.H2O2.2H2O.O.Zn/c;;;1-2;;;;/h3*1H4;1-2H;2*1H2;;/p+2. The van der Waals surface area contributed by atoms with Crippen molar-refractivity contribution in [2.75, 3.05) is 0 Å². The predicted molar refractivity (Wildman–Crippen MR) is 35.6 cm³/mol. The van der Waals surface area contributed by atoms with Gasteiger partial charge < -0.3 is 11.0 Å². The number of hydrogen-bond donors (Lipinski definition) is 2. The van der Waals surface area contributed by atoms with E-state index in [4.69, 9.17) is 14.1 Å². The topological polar surface area (TPSA) is 121 Å². The molecule has 0 fully saturated rings. The molecule has 0 bridgehead atoms. The Morgan fingerprint density at radius 3 is 0.889 bits per heavy atom. The molecule has 0 aliphatic heterocycles. The first-order chi connectivity index (χ1) is 2.00. The van der Waals surface area contributed by atoms with Gasteiger partial charge in [-0.3, -0.25) is 10.5 Å². The molecule has 0 spiro atoms. The van der Waals surface area contributed by atoms with Crippen molar-refractivity contribution in [3.8, 4) is 0 Å². The summed E-state index contributed by atoms with van der Waals surface area (Å²) in [5, 5.41) is 12.0. The van der Waals surface area contributed by atoms with E-state index < -0.39 is 0 Å². The Labute approximate surface area is 69.2 Å². The van der Waals surface area contributed by atoms with Crippen LogP contribution in [0.5, 0.6) is 0 Å². The molecule has 0 aliphatic carbocycles. The number of rotatable bonds is 0. The van der Waals surface area contributed by atoms with Gasteiger partial charge in [-0.25, -0.2) is 0 Å². The van der Waals surface area contributed by atoms with Crippen LogP contribution in [-0.4, -0.2) is 21.5 Å². The third-order valence-corrected chi connectivity index (χ3v) is 0. The summed E-state index contributed by atoms with van der Waals surface area (Å²) in [6, 6.07) is 0. The van der Waals surface area contributed by atoms with Crippen molar-refractivity contribution in [3.63, 3.8) is 0 Å². The van der Waals surface area contributed by atoms with Crippen molar-refractivity contribution in [1.82, 2.24) is 0 Å². The van der Waals surface area contributed by atoms with Gasteiger partial charge in [0.05, 0.1) is 0 Å². The summed E-state index contributed by atoms with van der Waals surface area (Å²) in [5.41, 5.74) is 0. The average Bonchev–Trinajstić information content (AvgIpc) is 1.50. The van der Waals surface area contributed by atoms with Gasteiger partial charge in [0.2, 0.25) is 0 Å². The maximum atomic E-state index is 8.38. The summed E-state index contributed by atoms with van der Waals surface area (Å²) in [7, 11) is 0. The molecular weight excluding hydrogens is 181 g/mol.